The first-order chi connectivity index (χ1) is 10.7. The molecule has 0 bridgehead atoms. The van der Waals surface area contributed by atoms with Gasteiger partial charge in [-0.25, -0.2) is 0 Å². The molecule has 1 saturated carbocycles. The molecule has 1 aromatic carbocycles. The number of aromatic nitrogens is 1. The first-order valence-electron chi connectivity index (χ1n) is 8.32. The van der Waals surface area contributed by atoms with E-state index in [-0.39, 0.29) is 42.7 Å². The summed E-state index contributed by atoms with van der Waals surface area (Å²) >= 11 is 0. The Kier molecular flexibility index (Phi) is 8.07. The van der Waals surface area contributed by atoms with Crippen LogP contribution in [0.5, 0.6) is 0 Å². The molecular formula is C18H27Cl2N3O. The maximum atomic E-state index is 12.4. The van der Waals surface area contributed by atoms with Crippen LogP contribution in [-0.4, -0.2) is 16.5 Å². The van der Waals surface area contributed by atoms with E-state index in [2.05, 4.69) is 41.2 Å². The molecule has 3 rings (SSSR count). The molecule has 3 N–H and O–H groups in total. The number of nitrogens with one attached hydrogen (secondary N) is 1. The number of benzene rings is 1. The van der Waals surface area contributed by atoms with Crippen molar-refractivity contribution in [2.75, 3.05) is 5.32 Å². The molecule has 1 aliphatic carbocycles. The zero-order chi connectivity index (χ0) is 15.5. The van der Waals surface area contributed by atoms with Crippen molar-refractivity contribution in [1.82, 2.24) is 4.57 Å². The second-order valence-electron chi connectivity index (χ2n) is 6.40. The van der Waals surface area contributed by atoms with Gasteiger partial charge in [0.15, 0.2) is 0 Å². The zero-order valence-electron chi connectivity index (χ0n) is 14.0. The quantitative estimate of drug-likeness (QED) is 0.838. The summed E-state index contributed by atoms with van der Waals surface area (Å²) in [6.07, 6.45) is 7.08. The topological polar surface area (TPSA) is 60.0 Å². The fourth-order valence-electron chi connectivity index (χ4n) is 3.42. The third-order valence-electron chi connectivity index (χ3n) is 4.59. The summed E-state index contributed by atoms with van der Waals surface area (Å²) in [6.45, 7) is 3.20. The Hall–Kier alpha value is -1.23. The van der Waals surface area contributed by atoms with Crippen molar-refractivity contribution >= 4 is 47.3 Å². The normalized spacial score (nSPS) is 20.1. The standard InChI is InChI=1S/C18H25N3O.2ClH/c1-2-9-21-10-8-13-12-16(6-7-17(13)21)20-18(22)14-4-3-5-15(19)11-14;;/h6-8,10,12,14-15H,2-5,9,11,19H2,1H3,(H,20,22);2*1H. The van der Waals surface area contributed by atoms with E-state index in [1.54, 1.807) is 0 Å². The van der Waals surface area contributed by atoms with E-state index in [1.165, 1.54) is 10.9 Å². The van der Waals surface area contributed by atoms with Crippen molar-refractivity contribution in [3.05, 3.63) is 30.5 Å². The van der Waals surface area contributed by atoms with Gasteiger partial charge in [0, 0.05) is 41.3 Å². The molecule has 0 spiro atoms. The van der Waals surface area contributed by atoms with Crippen LogP contribution >= 0.6 is 24.8 Å². The lowest BCUT2D eigenvalue weighted by Gasteiger charge is -2.25. The van der Waals surface area contributed by atoms with Gasteiger partial charge in [-0.3, -0.25) is 4.79 Å². The molecule has 2 unspecified atom stereocenters. The third-order valence-corrected chi connectivity index (χ3v) is 4.59. The van der Waals surface area contributed by atoms with Crippen LogP contribution in [0, 0.1) is 5.92 Å². The number of carbonyl (C=O) groups is 1. The molecule has 134 valence electrons. The second-order valence-corrected chi connectivity index (χ2v) is 6.40. The number of nitrogens with two attached hydrogens (primary N) is 1. The molecule has 0 radical (unpaired) electrons. The number of aryl methyl sites for hydroxylation is 1. The zero-order valence-corrected chi connectivity index (χ0v) is 15.7. The second kappa shape index (κ2) is 9.30. The fraction of sp³-hybridized carbons (Fsp3) is 0.500. The van der Waals surface area contributed by atoms with Crippen LogP contribution in [0.2, 0.25) is 0 Å². The van der Waals surface area contributed by atoms with Crippen LogP contribution in [-0.2, 0) is 11.3 Å². The smallest absolute Gasteiger partial charge is 0.227 e. The molecule has 1 fully saturated rings. The van der Waals surface area contributed by atoms with Gasteiger partial charge in [-0.15, -0.1) is 24.8 Å². The van der Waals surface area contributed by atoms with Crippen LogP contribution in [0.25, 0.3) is 10.9 Å². The number of rotatable bonds is 4. The van der Waals surface area contributed by atoms with Gasteiger partial charge >= 0.3 is 0 Å². The highest BCUT2D eigenvalue weighted by Gasteiger charge is 2.25. The van der Waals surface area contributed by atoms with Crippen LogP contribution in [0.4, 0.5) is 5.69 Å². The lowest BCUT2D eigenvalue weighted by molar-refractivity contribution is -0.120. The first-order valence-corrected chi connectivity index (χ1v) is 8.32. The average Bonchev–Trinajstić information content (AvgIpc) is 2.90. The number of hydrogen-bond donors (Lipinski definition) is 2. The molecular weight excluding hydrogens is 345 g/mol. The molecule has 24 heavy (non-hydrogen) atoms. The molecule has 1 heterocycles. The summed E-state index contributed by atoms with van der Waals surface area (Å²) in [7, 11) is 0. The summed E-state index contributed by atoms with van der Waals surface area (Å²) < 4.78 is 2.25. The summed E-state index contributed by atoms with van der Waals surface area (Å²) in [5, 5.41) is 4.23. The first kappa shape index (κ1) is 20.8. The van der Waals surface area contributed by atoms with E-state index >= 15 is 0 Å². The Morgan fingerprint density at radius 2 is 2.08 bits per heavy atom. The van der Waals surface area contributed by atoms with Gasteiger partial charge in [0.2, 0.25) is 5.91 Å². The highest BCUT2D eigenvalue weighted by molar-refractivity contribution is 5.95. The van der Waals surface area contributed by atoms with E-state index in [0.717, 1.165) is 44.3 Å². The Morgan fingerprint density at radius 3 is 2.79 bits per heavy atom. The summed E-state index contributed by atoms with van der Waals surface area (Å²) in [5.41, 5.74) is 8.08. The monoisotopic (exact) mass is 371 g/mol. The van der Waals surface area contributed by atoms with E-state index in [1.807, 2.05) is 6.07 Å². The van der Waals surface area contributed by atoms with E-state index in [9.17, 15) is 4.79 Å². The number of halogens is 2. The van der Waals surface area contributed by atoms with Crippen molar-refractivity contribution < 1.29 is 4.79 Å². The Bertz CT molecular complexity index is 671. The van der Waals surface area contributed by atoms with Gasteiger partial charge in [-0.2, -0.15) is 0 Å². The van der Waals surface area contributed by atoms with Gasteiger partial charge in [0.05, 0.1) is 0 Å². The number of fused-ring (bicyclic) bond motifs is 1. The molecule has 1 aliphatic rings. The van der Waals surface area contributed by atoms with E-state index in [4.69, 9.17) is 5.73 Å². The largest absolute Gasteiger partial charge is 0.347 e. The molecule has 4 nitrogen and oxygen atoms in total. The van der Waals surface area contributed by atoms with Crippen LogP contribution in [0.15, 0.2) is 30.5 Å². The maximum Gasteiger partial charge on any atom is 0.227 e. The summed E-state index contributed by atoms with van der Waals surface area (Å²) in [4.78, 5) is 12.4. The highest BCUT2D eigenvalue weighted by Crippen LogP contribution is 2.26. The Balaban J connectivity index is 0.00000144. The molecule has 2 atom stereocenters. The average molecular weight is 372 g/mol. The Morgan fingerprint density at radius 1 is 1.29 bits per heavy atom. The minimum atomic E-state index is 0. The predicted octanol–water partition coefficient (Wildman–Crippen LogP) is 4.35. The summed E-state index contributed by atoms with van der Waals surface area (Å²) in [6, 6.07) is 8.43. The molecule has 0 aliphatic heterocycles. The molecule has 2 aromatic rings. The molecule has 0 saturated heterocycles. The molecule has 6 heteroatoms. The third kappa shape index (κ3) is 4.65. The molecule has 1 amide bonds. The van der Waals surface area contributed by atoms with Gasteiger partial charge in [-0.05, 0) is 49.9 Å². The minimum absolute atomic E-state index is 0. The lowest BCUT2D eigenvalue weighted by Crippen LogP contribution is -2.34. The Labute approximate surface area is 156 Å². The number of carbonyl (C=O) groups excluding carboxylic acids is 1. The summed E-state index contributed by atoms with van der Waals surface area (Å²) in [5.74, 6) is 0.173. The van der Waals surface area contributed by atoms with Gasteiger partial charge in [0.25, 0.3) is 0 Å². The van der Waals surface area contributed by atoms with Gasteiger partial charge in [-0.1, -0.05) is 13.3 Å². The number of nitrogens with zero attached hydrogens (tertiary/aromatic N) is 1. The lowest BCUT2D eigenvalue weighted by atomic mass is 9.85. The SMILES string of the molecule is CCCn1ccc2cc(NC(=O)C3CCCC(N)C3)ccc21.Cl.Cl. The van der Waals surface area contributed by atoms with Crippen LogP contribution in [0.3, 0.4) is 0 Å². The maximum absolute atomic E-state index is 12.4. The fourth-order valence-corrected chi connectivity index (χ4v) is 3.42. The number of amides is 1. The van der Waals surface area contributed by atoms with Crippen molar-refractivity contribution in [3.63, 3.8) is 0 Å². The van der Waals surface area contributed by atoms with Crippen LogP contribution in [0.1, 0.15) is 39.0 Å². The predicted molar refractivity (Wildman–Crippen MR) is 105 cm³/mol. The van der Waals surface area contributed by atoms with Gasteiger partial charge < -0.3 is 15.6 Å². The van der Waals surface area contributed by atoms with Crippen LogP contribution < -0.4 is 11.1 Å². The van der Waals surface area contributed by atoms with Crippen molar-refractivity contribution in [1.29, 1.82) is 0 Å². The minimum Gasteiger partial charge on any atom is -0.347 e. The van der Waals surface area contributed by atoms with Gasteiger partial charge in [0.1, 0.15) is 0 Å². The number of hydrogen-bond acceptors (Lipinski definition) is 2. The van der Waals surface area contributed by atoms with Crippen molar-refractivity contribution in [2.45, 2.75) is 51.6 Å². The van der Waals surface area contributed by atoms with E-state index in [0.29, 0.717) is 0 Å². The molecule has 1 aromatic heterocycles. The highest BCUT2D eigenvalue weighted by atomic mass is 35.5. The van der Waals surface area contributed by atoms with Crippen molar-refractivity contribution in [2.24, 2.45) is 11.7 Å². The number of anilines is 1. The van der Waals surface area contributed by atoms with E-state index < -0.39 is 0 Å². The van der Waals surface area contributed by atoms with Crippen molar-refractivity contribution in [3.8, 4) is 0 Å².